The molecule has 0 aliphatic carbocycles. The van der Waals surface area contributed by atoms with Crippen molar-refractivity contribution in [1.29, 1.82) is 0 Å². The molecule has 108 valence electrons. The minimum Gasteiger partial charge on any atom is -0.355 e. The zero-order chi connectivity index (χ0) is 15.4. The molecule has 6 heteroatoms. The van der Waals surface area contributed by atoms with E-state index in [2.05, 4.69) is 26.6 Å². The van der Waals surface area contributed by atoms with Crippen LogP contribution >= 0.6 is 15.9 Å². The molecule has 2 aromatic rings. The van der Waals surface area contributed by atoms with Crippen LogP contribution in [0, 0.1) is 5.82 Å². The molecule has 0 fully saturated rings. The van der Waals surface area contributed by atoms with E-state index in [1.165, 1.54) is 18.2 Å². The lowest BCUT2D eigenvalue weighted by Gasteiger charge is -2.08. The maximum absolute atomic E-state index is 13.4. The fourth-order valence-corrected chi connectivity index (χ4v) is 2.17. The van der Waals surface area contributed by atoms with E-state index in [1.807, 2.05) is 0 Å². The summed E-state index contributed by atoms with van der Waals surface area (Å²) in [6.45, 7) is 0. The van der Waals surface area contributed by atoms with Gasteiger partial charge in [0.2, 0.25) is 0 Å². The summed E-state index contributed by atoms with van der Waals surface area (Å²) in [4.78, 5) is 23.5. The Balaban J connectivity index is 2.16. The number of carbonyl (C=O) groups excluding carboxylic acids is 2. The molecule has 0 atom stereocenters. The summed E-state index contributed by atoms with van der Waals surface area (Å²) in [5.41, 5.74) is 1.21. The molecule has 0 aliphatic heterocycles. The zero-order valence-electron chi connectivity index (χ0n) is 11.1. The van der Waals surface area contributed by atoms with E-state index in [9.17, 15) is 14.0 Å². The third-order valence-corrected chi connectivity index (χ3v) is 3.63. The molecule has 0 spiro atoms. The summed E-state index contributed by atoms with van der Waals surface area (Å²) in [5.74, 6) is -1.15. The zero-order valence-corrected chi connectivity index (χ0v) is 12.7. The topological polar surface area (TPSA) is 58.2 Å². The highest BCUT2D eigenvalue weighted by Gasteiger charge is 2.13. The lowest BCUT2D eigenvalue weighted by Crippen LogP contribution is -2.18. The van der Waals surface area contributed by atoms with E-state index in [0.717, 1.165) is 0 Å². The number of carbonyl (C=O) groups is 2. The maximum atomic E-state index is 13.4. The van der Waals surface area contributed by atoms with E-state index in [4.69, 9.17) is 0 Å². The molecule has 0 saturated heterocycles. The summed E-state index contributed by atoms with van der Waals surface area (Å²) in [5, 5.41) is 5.15. The van der Waals surface area contributed by atoms with Crippen LogP contribution in [0.3, 0.4) is 0 Å². The van der Waals surface area contributed by atoms with Crippen LogP contribution in [0.1, 0.15) is 20.7 Å². The van der Waals surface area contributed by atoms with Gasteiger partial charge in [-0.15, -0.1) is 0 Å². The average molecular weight is 351 g/mol. The fourth-order valence-electron chi connectivity index (χ4n) is 1.73. The van der Waals surface area contributed by atoms with Gasteiger partial charge in [-0.25, -0.2) is 4.39 Å². The van der Waals surface area contributed by atoms with Gasteiger partial charge < -0.3 is 10.6 Å². The molecule has 0 bridgehead atoms. The first-order chi connectivity index (χ1) is 10.0. The van der Waals surface area contributed by atoms with Crippen LogP contribution < -0.4 is 10.6 Å². The van der Waals surface area contributed by atoms with E-state index < -0.39 is 11.7 Å². The molecular weight excluding hydrogens is 339 g/mol. The lowest BCUT2D eigenvalue weighted by molar-refractivity contribution is 0.0962. The van der Waals surface area contributed by atoms with E-state index in [0.29, 0.717) is 11.3 Å². The first-order valence-electron chi connectivity index (χ1n) is 6.10. The van der Waals surface area contributed by atoms with Crippen LogP contribution in [-0.4, -0.2) is 18.9 Å². The second-order valence-corrected chi connectivity index (χ2v) is 5.00. The molecule has 2 rings (SSSR count). The Kier molecular flexibility index (Phi) is 4.70. The highest BCUT2D eigenvalue weighted by molar-refractivity contribution is 9.10. The van der Waals surface area contributed by atoms with Crippen molar-refractivity contribution in [3.8, 4) is 0 Å². The van der Waals surface area contributed by atoms with Crippen LogP contribution in [0.2, 0.25) is 0 Å². The summed E-state index contributed by atoms with van der Waals surface area (Å²) in [6, 6.07) is 10.6. The van der Waals surface area contributed by atoms with Gasteiger partial charge in [0.15, 0.2) is 0 Å². The van der Waals surface area contributed by atoms with Crippen LogP contribution in [0.15, 0.2) is 46.9 Å². The molecule has 4 nitrogen and oxygen atoms in total. The highest BCUT2D eigenvalue weighted by atomic mass is 79.9. The molecule has 2 N–H and O–H groups in total. The van der Waals surface area contributed by atoms with Crippen molar-refractivity contribution in [2.75, 3.05) is 12.4 Å². The van der Waals surface area contributed by atoms with Crippen molar-refractivity contribution < 1.29 is 14.0 Å². The first kappa shape index (κ1) is 15.2. The molecule has 0 aromatic heterocycles. The summed E-state index contributed by atoms with van der Waals surface area (Å²) < 4.78 is 13.5. The van der Waals surface area contributed by atoms with E-state index >= 15 is 0 Å². The Bertz CT molecular complexity index is 687. The minimum atomic E-state index is -0.502. The normalized spacial score (nSPS) is 10.0. The largest absolute Gasteiger partial charge is 0.355 e. The van der Waals surface area contributed by atoms with Gasteiger partial charge in [0.05, 0.1) is 10.0 Å². The van der Waals surface area contributed by atoms with Gasteiger partial charge in [-0.1, -0.05) is 6.07 Å². The fraction of sp³-hybridized carbons (Fsp3) is 0.0667. The number of hydrogen-bond donors (Lipinski definition) is 2. The molecule has 2 amide bonds. The number of anilines is 1. The molecule has 0 unspecified atom stereocenters. The number of rotatable bonds is 3. The van der Waals surface area contributed by atoms with Crippen LogP contribution in [0.4, 0.5) is 10.1 Å². The van der Waals surface area contributed by atoms with Crippen molar-refractivity contribution in [3.63, 3.8) is 0 Å². The summed E-state index contributed by atoms with van der Waals surface area (Å²) in [6.07, 6.45) is 0. The monoisotopic (exact) mass is 350 g/mol. The Morgan fingerprint density at radius 1 is 1.05 bits per heavy atom. The number of nitrogens with one attached hydrogen (secondary N) is 2. The number of hydrogen-bond acceptors (Lipinski definition) is 2. The molecule has 0 aliphatic rings. The molecule has 0 saturated carbocycles. The molecule has 0 heterocycles. The van der Waals surface area contributed by atoms with Crippen LogP contribution in [0.5, 0.6) is 0 Å². The average Bonchev–Trinajstić information content (AvgIpc) is 2.50. The number of amides is 2. The molecule has 0 radical (unpaired) electrons. The van der Waals surface area contributed by atoms with E-state index in [1.54, 1.807) is 31.3 Å². The minimum absolute atomic E-state index is 0.115. The molecule has 21 heavy (non-hydrogen) atoms. The highest BCUT2D eigenvalue weighted by Crippen LogP contribution is 2.21. The van der Waals surface area contributed by atoms with E-state index in [-0.39, 0.29) is 15.9 Å². The third-order valence-electron chi connectivity index (χ3n) is 2.83. The van der Waals surface area contributed by atoms with Crippen molar-refractivity contribution >= 4 is 33.4 Å². The quantitative estimate of drug-likeness (QED) is 0.892. The third kappa shape index (κ3) is 3.46. The van der Waals surface area contributed by atoms with Gasteiger partial charge in [-0.05, 0) is 52.3 Å². The number of benzene rings is 2. The number of halogens is 2. The van der Waals surface area contributed by atoms with Gasteiger partial charge in [0.1, 0.15) is 5.82 Å². The standard InChI is InChI=1S/C15H12BrFN2O2/c1-18-14(20)9-5-7-10(8-6-9)19-15(21)11-3-2-4-12(17)13(11)16/h2-8H,1H3,(H,18,20)(H,19,21). The molecule has 2 aromatic carbocycles. The van der Waals surface area contributed by atoms with Crippen molar-refractivity contribution in [2.45, 2.75) is 0 Å². The first-order valence-corrected chi connectivity index (χ1v) is 6.89. The predicted molar refractivity (Wildman–Crippen MR) is 81.9 cm³/mol. The second kappa shape index (κ2) is 6.49. The van der Waals surface area contributed by atoms with Gasteiger partial charge in [0, 0.05) is 18.3 Å². The van der Waals surface area contributed by atoms with Gasteiger partial charge in [-0.3, -0.25) is 9.59 Å². The van der Waals surface area contributed by atoms with Crippen molar-refractivity contribution in [2.24, 2.45) is 0 Å². The summed E-state index contributed by atoms with van der Waals surface area (Å²) in [7, 11) is 1.54. The molecular formula is C15H12BrFN2O2. The van der Waals surface area contributed by atoms with Gasteiger partial charge in [-0.2, -0.15) is 0 Å². The Labute approximate surface area is 129 Å². The Morgan fingerprint density at radius 3 is 2.33 bits per heavy atom. The van der Waals surface area contributed by atoms with Crippen molar-refractivity contribution in [1.82, 2.24) is 5.32 Å². The predicted octanol–water partition coefficient (Wildman–Crippen LogP) is 3.20. The Hall–Kier alpha value is -2.21. The van der Waals surface area contributed by atoms with Gasteiger partial charge in [0.25, 0.3) is 11.8 Å². The Morgan fingerprint density at radius 2 is 1.71 bits per heavy atom. The summed E-state index contributed by atoms with van der Waals surface area (Å²) >= 11 is 3.05. The smallest absolute Gasteiger partial charge is 0.256 e. The lowest BCUT2D eigenvalue weighted by atomic mass is 10.1. The maximum Gasteiger partial charge on any atom is 0.256 e. The van der Waals surface area contributed by atoms with Crippen LogP contribution in [0.25, 0.3) is 0 Å². The van der Waals surface area contributed by atoms with Gasteiger partial charge >= 0.3 is 0 Å². The SMILES string of the molecule is CNC(=O)c1ccc(NC(=O)c2cccc(F)c2Br)cc1. The van der Waals surface area contributed by atoms with Crippen molar-refractivity contribution in [3.05, 3.63) is 63.9 Å². The second-order valence-electron chi connectivity index (χ2n) is 4.21. The van der Waals surface area contributed by atoms with Crippen LogP contribution in [-0.2, 0) is 0 Å².